The normalized spacial score (nSPS) is 10.1. The Morgan fingerprint density at radius 3 is 2.26 bits per heavy atom. The van der Waals surface area contributed by atoms with E-state index >= 15 is 0 Å². The number of benzene rings is 2. The maximum atomic E-state index is 12.3. The summed E-state index contributed by atoms with van der Waals surface area (Å²) in [4.78, 5) is 17.0. The summed E-state index contributed by atoms with van der Waals surface area (Å²) in [6, 6.07) is 12.2. The summed E-state index contributed by atoms with van der Waals surface area (Å²) in [6.45, 7) is 1.88. The zero-order valence-corrected chi connectivity index (χ0v) is 10.8. The van der Waals surface area contributed by atoms with E-state index < -0.39 is 0 Å². The number of rotatable bonds is 4. The highest BCUT2D eigenvalue weighted by Crippen LogP contribution is 2.20. The van der Waals surface area contributed by atoms with Gasteiger partial charge in [0.25, 0.3) is 0 Å². The van der Waals surface area contributed by atoms with E-state index in [9.17, 15) is 4.79 Å². The van der Waals surface area contributed by atoms with Gasteiger partial charge in [-0.3, -0.25) is 4.79 Å². The molecule has 0 aromatic heterocycles. The van der Waals surface area contributed by atoms with Crippen LogP contribution < -0.4 is 15.5 Å². The van der Waals surface area contributed by atoms with Crippen molar-refractivity contribution in [3.05, 3.63) is 59.2 Å². The number of carbonyl (C=O) groups is 1. The van der Waals surface area contributed by atoms with Gasteiger partial charge in [0.15, 0.2) is 5.78 Å². The van der Waals surface area contributed by atoms with Crippen LogP contribution in [0.25, 0.3) is 0 Å². The Kier molecular flexibility index (Phi) is 3.82. The average Bonchev–Trinajstić information content (AvgIpc) is 2.46. The lowest BCUT2D eigenvalue weighted by atomic mass is 10.0. The zero-order valence-electron chi connectivity index (χ0n) is 10.8. The van der Waals surface area contributed by atoms with Crippen LogP contribution in [0.2, 0.25) is 0 Å². The first-order valence-corrected chi connectivity index (χ1v) is 5.81. The molecule has 0 heterocycles. The summed E-state index contributed by atoms with van der Waals surface area (Å²) in [5.41, 5.74) is 2.06. The monoisotopic (exact) mass is 257 g/mol. The van der Waals surface area contributed by atoms with E-state index in [0.29, 0.717) is 22.6 Å². The molecule has 2 N–H and O–H groups in total. The van der Waals surface area contributed by atoms with Crippen molar-refractivity contribution in [1.29, 1.82) is 0 Å². The minimum atomic E-state index is -0.0790. The molecule has 0 saturated carbocycles. The van der Waals surface area contributed by atoms with Crippen molar-refractivity contribution >= 4 is 5.78 Å². The molecular weight excluding hydrogens is 242 g/mol. The summed E-state index contributed by atoms with van der Waals surface area (Å²) in [5.74, 6) is 6.24. The molecule has 0 aliphatic rings. The lowest BCUT2D eigenvalue weighted by molar-refractivity contribution is 0.103. The van der Waals surface area contributed by atoms with Crippen LogP contribution in [0.15, 0.2) is 42.5 Å². The van der Waals surface area contributed by atoms with Crippen molar-refractivity contribution in [3.63, 3.8) is 0 Å². The number of aryl methyl sites for hydroxylation is 1. The number of nitrogens with two attached hydrogens (primary N) is 1. The molecule has 4 nitrogen and oxygen atoms in total. The molecule has 0 aliphatic heterocycles. The van der Waals surface area contributed by atoms with Crippen molar-refractivity contribution < 1.29 is 14.4 Å². The minimum absolute atomic E-state index is 0.0790. The first-order valence-electron chi connectivity index (χ1n) is 5.81. The molecule has 2 aromatic rings. The van der Waals surface area contributed by atoms with Crippen LogP contribution in [0.5, 0.6) is 11.5 Å². The smallest absolute Gasteiger partial charge is 0.193 e. The van der Waals surface area contributed by atoms with E-state index in [1.807, 2.05) is 6.92 Å². The lowest BCUT2D eigenvalue weighted by Crippen LogP contribution is -2.06. The highest BCUT2D eigenvalue weighted by molar-refractivity contribution is 6.09. The van der Waals surface area contributed by atoms with Crippen molar-refractivity contribution in [2.75, 3.05) is 7.11 Å². The van der Waals surface area contributed by atoms with Crippen LogP contribution >= 0.6 is 0 Å². The first-order chi connectivity index (χ1) is 9.13. The fourth-order valence-electron chi connectivity index (χ4n) is 1.86. The van der Waals surface area contributed by atoms with Gasteiger partial charge in [0, 0.05) is 11.1 Å². The standard InChI is InChI=1S/C15H15NO3/c1-10-7-12(9-14(8-10)19-16)15(17)11-3-5-13(18-2)6-4-11/h3-9H,16H2,1-2H3. The molecule has 0 saturated heterocycles. The van der Waals surface area contributed by atoms with Gasteiger partial charge >= 0.3 is 0 Å². The van der Waals surface area contributed by atoms with Crippen LogP contribution in [0.1, 0.15) is 21.5 Å². The van der Waals surface area contributed by atoms with Crippen molar-refractivity contribution in [2.45, 2.75) is 6.92 Å². The second-order valence-corrected chi connectivity index (χ2v) is 4.21. The lowest BCUT2D eigenvalue weighted by Gasteiger charge is -2.06. The quantitative estimate of drug-likeness (QED) is 0.675. The van der Waals surface area contributed by atoms with Crippen LogP contribution in [0, 0.1) is 6.92 Å². The number of methoxy groups -OCH3 is 1. The van der Waals surface area contributed by atoms with Gasteiger partial charge < -0.3 is 9.57 Å². The number of hydrogen-bond acceptors (Lipinski definition) is 4. The highest BCUT2D eigenvalue weighted by atomic mass is 16.6. The third-order valence-corrected chi connectivity index (χ3v) is 2.80. The summed E-state index contributed by atoms with van der Waals surface area (Å²) < 4.78 is 5.06. The van der Waals surface area contributed by atoms with Crippen LogP contribution in [0.3, 0.4) is 0 Å². The Labute approximate surface area is 111 Å². The molecule has 19 heavy (non-hydrogen) atoms. The van der Waals surface area contributed by atoms with Gasteiger partial charge in [-0.05, 0) is 55.0 Å². The van der Waals surface area contributed by atoms with Crippen LogP contribution in [0.4, 0.5) is 0 Å². The Hall–Kier alpha value is -2.33. The molecule has 2 aromatic carbocycles. The average molecular weight is 257 g/mol. The molecule has 2 rings (SSSR count). The third-order valence-electron chi connectivity index (χ3n) is 2.80. The molecule has 0 fully saturated rings. The summed E-state index contributed by atoms with van der Waals surface area (Å²) in [5, 5.41) is 0. The van der Waals surface area contributed by atoms with Gasteiger partial charge in [0.05, 0.1) is 7.11 Å². The summed E-state index contributed by atoms with van der Waals surface area (Å²) in [6.07, 6.45) is 0. The highest BCUT2D eigenvalue weighted by Gasteiger charge is 2.11. The Morgan fingerprint density at radius 2 is 1.68 bits per heavy atom. The summed E-state index contributed by atoms with van der Waals surface area (Å²) >= 11 is 0. The van der Waals surface area contributed by atoms with Gasteiger partial charge in [-0.1, -0.05) is 0 Å². The largest absolute Gasteiger partial charge is 0.497 e. The molecule has 0 atom stereocenters. The molecule has 0 radical (unpaired) electrons. The maximum absolute atomic E-state index is 12.3. The minimum Gasteiger partial charge on any atom is -0.497 e. The maximum Gasteiger partial charge on any atom is 0.193 e. The molecule has 0 unspecified atom stereocenters. The van der Waals surface area contributed by atoms with E-state index in [4.69, 9.17) is 10.6 Å². The second-order valence-electron chi connectivity index (χ2n) is 4.21. The summed E-state index contributed by atoms with van der Waals surface area (Å²) in [7, 11) is 1.59. The molecule has 0 spiro atoms. The molecular formula is C15H15NO3. The van der Waals surface area contributed by atoms with E-state index in [1.54, 1.807) is 49.6 Å². The van der Waals surface area contributed by atoms with Gasteiger partial charge in [-0.15, -0.1) is 0 Å². The molecule has 98 valence electrons. The Balaban J connectivity index is 2.34. The fraction of sp³-hybridized carbons (Fsp3) is 0.133. The van der Waals surface area contributed by atoms with E-state index in [0.717, 1.165) is 5.56 Å². The number of carbonyl (C=O) groups excluding carboxylic acids is 1. The van der Waals surface area contributed by atoms with Gasteiger partial charge in [0.2, 0.25) is 0 Å². The van der Waals surface area contributed by atoms with Crippen molar-refractivity contribution in [3.8, 4) is 11.5 Å². The van der Waals surface area contributed by atoms with E-state index in [1.165, 1.54) is 0 Å². The Bertz CT molecular complexity index is 591. The predicted molar refractivity (Wildman–Crippen MR) is 72.4 cm³/mol. The topological polar surface area (TPSA) is 61.5 Å². The molecule has 4 heteroatoms. The van der Waals surface area contributed by atoms with E-state index in [2.05, 4.69) is 4.84 Å². The Morgan fingerprint density at radius 1 is 1.00 bits per heavy atom. The van der Waals surface area contributed by atoms with Crippen LogP contribution in [-0.2, 0) is 0 Å². The van der Waals surface area contributed by atoms with E-state index in [-0.39, 0.29) is 5.78 Å². The SMILES string of the molecule is COc1ccc(C(=O)c2cc(C)cc(ON)c2)cc1. The fourth-order valence-corrected chi connectivity index (χ4v) is 1.86. The number of hydrogen-bond donors (Lipinski definition) is 1. The van der Waals surface area contributed by atoms with Crippen molar-refractivity contribution in [2.24, 2.45) is 5.90 Å². The third kappa shape index (κ3) is 2.92. The van der Waals surface area contributed by atoms with Gasteiger partial charge in [-0.25, -0.2) is 0 Å². The van der Waals surface area contributed by atoms with Gasteiger partial charge in [-0.2, -0.15) is 5.90 Å². The number of ketones is 1. The zero-order chi connectivity index (χ0) is 13.8. The van der Waals surface area contributed by atoms with Gasteiger partial charge in [0.1, 0.15) is 11.5 Å². The molecule has 0 aliphatic carbocycles. The molecule has 0 bridgehead atoms. The first kappa shape index (κ1) is 13.1. The van der Waals surface area contributed by atoms with Crippen molar-refractivity contribution in [1.82, 2.24) is 0 Å². The second kappa shape index (κ2) is 5.54. The predicted octanol–water partition coefficient (Wildman–Crippen LogP) is 2.49. The van der Waals surface area contributed by atoms with Crippen LogP contribution in [-0.4, -0.2) is 12.9 Å². The molecule has 0 amide bonds. The number of ether oxygens (including phenoxy) is 1.